The highest BCUT2D eigenvalue weighted by atomic mass is 16.4. The number of hydrogen-bond donors (Lipinski definition) is 4. The molecule has 4 N–H and O–H groups in total. The van der Waals surface area contributed by atoms with Crippen LogP contribution in [0.3, 0.4) is 0 Å². The number of carboxylic acids is 1. The summed E-state index contributed by atoms with van der Waals surface area (Å²) in [6, 6.07) is 8.48. The number of rotatable bonds is 16. The molecule has 10 heteroatoms. The van der Waals surface area contributed by atoms with E-state index in [4.69, 9.17) is 4.98 Å². The molecular weight excluding hydrogens is 508 g/mol. The van der Waals surface area contributed by atoms with E-state index in [0.717, 1.165) is 49.3 Å². The molecule has 3 aromatic rings. The van der Waals surface area contributed by atoms with Crippen LogP contribution in [0, 0.1) is 0 Å². The number of carboxylic acid groups (broad SMARTS) is 1. The third-order valence-electron chi connectivity index (χ3n) is 7.23. The number of carbonyl (C=O) groups excluding carboxylic acids is 1. The number of aliphatic carboxylic acids is 1. The van der Waals surface area contributed by atoms with Gasteiger partial charge in [0, 0.05) is 38.3 Å². The van der Waals surface area contributed by atoms with Crippen molar-refractivity contribution in [3.63, 3.8) is 0 Å². The number of aromatic nitrogens is 3. The molecule has 0 bridgehead atoms. The molecule has 0 radical (unpaired) electrons. The van der Waals surface area contributed by atoms with E-state index in [1.165, 1.54) is 5.56 Å². The van der Waals surface area contributed by atoms with Crippen molar-refractivity contribution in [1.82, 2.24) is 25.0 Å². The predicted molar refractivity (Wildman–Crippen MR) is 158 cm³/mol. The van der Waals surface area contributed by atoms with E-state index in [1.54, 1.807) is 43.9 Å². The number of nitrogens with zero attached hydrogens (tertiary/aromatic N) is 4. The molecule has 0 saturated heterocycles. The smallest absolute Gasteiger partial charge is 0.326 e. The van der Waals surface area contributed by atoms with Gasteiger partial charge in [0.2, 0.25) is 0 Å². The fourth-order valence-corrected chi connectivity index (χ4v) is 4.76. The molecule has 2 heterocycles. The molecule has 0 aliphatic rings. The van der Waals surface area contributed by atoms with Gasteiger partial charge in [-0.05, 0) is 82.7 Å². The molecule has 1 aromatic carbocycles. The standard InChI is InChI=1S/C30H44N6O4/c1-6-21-13-14-22(33-27(21)31-4)10-7-8-17-36(19-16-30(2,3)40)18-15-25(29(38)39)34-28(37)23-11-9-12-26-24(23)20-32-35(26)5/h9,11-14,20,25,40H,6-8,10,15-19H2,1-5H3,(H,31,33)(H,34,37)(H,38,39). The second-order valence-corrected chi connectivity index (χ2v) is 10.9. The maximum Gasteiger partial charge on any atom is 0.326 e. The van der Waals surface area contributed by atoms with Crippen LogP contribution in [0.4, 0.5) is 5.82 Å². The Bertz CT molecular complexity index is 1280. The van der Waals surface area contributed by atoms with Crippen molar-refractivity contribution in [2.75, 3.05) is 32.0 Å². The van der Waals surface area contributed by atoms with Crippen LogP contribution in [0.5, 0.6) is 0 Å². The minimum atomic E-state index is -1.07. The topological polar surface area (TPSA) is 133 Å². The predicted octanol–water partition coefficient (Wildman–Crippen LogP) is 3.63. The van der Waals surface area contributed by atoms with Crippen LogP contribution in [-0.2, 0) is 24.7 Å². The van der Waals surface area contributed by atoms with Gasteiger partial charge >= 0.3 is 5.97 Å². The van der Waals surface area contributed by atoms with Crippen molar-refractivity contribution in [1.29, 1.82) is 0 Å². The lowest BCUT2D eigenvalue weighted by molar-refractivity contribution is -0.139. The summed E-state index contributed by atoms with van der Waals surface area (Å²) in [6.07, 6.45) is 6.06. The zero-order chi connectivity index (χ0) is 29.3. The van der Waals surface area contributed by atoms with Crippen LogP contribution >= 0.6 is 0 Å². The quantitative estimate of drug-likeness (QED) is 0.198. The van der Waals surface area contributed by atoms with Gasteiger partial charge in [-0.3, -0.25) is 9.48 Å². The Balaban J connectivity index is 1.59. The van der Waals surface area contributed by atoms with E-state index >= 15 is 0 Å². The summed E-state index contributed by atoms with van der Waals surface area (Å²) >= 11 is 0. The van der Waals surface area contributed by atoms with E-state index in [9.17, 15) is 19.8 Å². The van der Waals surface area contributed by atoms with Crippen LogP contribution in [-0.4, -0.2) is 80.1 Å². The lowest BCUT2D eigenvalue weighted by Crippen LogP contribution is -2.43. The van der Waals surface area contributed by atoms with Crippen molar-refractivity contribution < 1.29 is 19.8 Å². The average Bonchev–Trinajstić information content (AvgIpc) is 3.30. The normalized spacial score (nSPS) is 12.6. The first kappa shape index (κ1) is 31.0. The minimum absolute atomic E-state index is 0.251. The third-order valence-corrected chi connectivity index (χ3v) is 7.23. The molecule has 1 unspecified atom stereocenters. The number of pyridine rings is 1. The number of aliphatic hydroxyl groups is 1. The first-order valence-electron chi connectivity index (χ1n) is 14.1. The summed E-state index contributed by atoms with van der Waals surface area (Å²) < 4.78 is 1.68. The molecule has 40 heavy (non-hydrogen) atoms. The summed E-state index contributed by atoms with van der Waals surface area (Å²) in [5, 5.41) is 30.9. The number of unbranched alkanes of at least 4 members (excludes halogenated alkanes) is 1. The van der Waals surface area contributed by atoms with Gasteiger partial charge in [0.15, 0.2) is 0 Å². The average molecular weight is 553 g/mol. The molecule has 0 saturated carbocycles. The first-order chi connectivity index (χ1) is 19.0. The van der Waals surface area contributed by atoms with E-state index in [1.807, 2.05) is 13.1 Å². The second-order valence-electron chi connectivity index (χ2n) is 10.9. The lowest BCUT2D eigenvalue weighted by Gasteiger charge is -2.27. The number of hydrogen-bond acceptors (Lipinski definition) is 7. The maximum absolute atomic E-state index is 13.0. The lowest BCUT2D eigenvalue weighted by atomic mass is 10.0. The summed E-state index contributed by atoms with van der Waals surface area (Å²) in [6.45, 7) is 7.54. The largest absolute Gasteiger partial charge is 0.480 e. The highest BCUT2D eigenvalue weighted by Gasteiger charge is 2.24. The molecule has 0 spiro atoms. The molecule has 1 amide bonds. The minimum Gasteiger partial charge on any atom is -0.480 e. The number of nitrogens with one attached hydrogen (secondary N) is 2. The number of aryl methyl sites for hydroxylation is 3. The Morgan fingerprint density at radius 3 is 2.58 bits per heavy atom. The molecular formula is C30H44N6O4. The second kappa shape index (κ2) is 14.2. The molecule has 0 aliphatic carbocycles. The van der Waals surface area contributed by atoms with Gasteiger partial charge in [-0.15, -0.1) is 0 Å². The van der Waals surface area contributed by atoms with Crippen LogP contribution < -0.4 is 10.6 Å². The summed E-state index contributed by atoms with van der Waals surface area (Å²) in [7, 11) is 3.68. The van der Waals surface area contributed by atoms with E-state index in [2.05, 4.69) is 39.7 Å². The van der Waals surface area contributed by atoms with Crippen molar-refractivity contribution >= 4 is 28.6 Å². The molecule has 3 rings (SSSR count). The van der Waals surface area contributed by atoms with Gasteiger partial charge in [0.05, 0.1) is 22.9 Å². The number of amides is 1. The van der Waals surface area contributed by atoms with Crippen molar-refractivity contribution in [3.05, 3.63) is 53.3 Å². The van der Waals surface area contributed by atoms with Gasteiger partial charge in [-0.1, -0.05) is 19.1 Å². The van der Waals surface area contributed by atoms with E-state index < -0.39 is 23.5 Å². The van der Waals surface area contributed by atoms with Crippen molar-refractivity contribution in [2.45, 2.75) is 70.9 Å². The van der Waals surface area contributed by atoms with Gasteiger partial charge in [0.1, 0.15) is 11.9 Å². The third kappa shape index (κ3) is 8.76. The number of carbonyl (C=O) groups is 2. The van der Waals surface area contributed by atoms with E-state index in [0.29, 0.717) is 30.5 Å². The maximum atomic E-state index is 13.0. The Hall–Kier alpha value is -3.50. The van der Waals surface area contributed by atoms with Crippen molar-refractivity contribution in [3.8, 4) is 0 Å². The Kier molecular flexibility index (Phi) is 11.0. The Morgan fingerprint density at radius 1 is 1.12 bits per heavy atom. The van der Waals surface area contributed by atoms with Gasteiger partial charge in [-0.25, -0.2) is 9.78 Å². The summed E-state index contributed by atoms with van der Waals surface area (Å²) in [5.41, 5.74) is 2.62. The summed E-state index contributed by atoms with van der Waals surface area (Å²) in [4.78, 5) is 32.0. The van der Waals surface area contributed by atoms with Gasteiger partial charge in [0.25, 0.3) is 5.91 Å². The van der Waals surface area contributed by atoms with Gasteiger partial charge in [-0.2, -0.15) is 5.10 Å². The number of anilines is 1. The van der Waals surface area contributed by atoms with Crippen LogP contribution in [0.15, 0.2) is 36.5 Å². The molecule has 2 aromatic heterocycles. The molecule has 10 nitrogen and oxygen atoms in total. The molecule has 0 aliphatic heterocycles. The highest BCUT2D eigenvalue weighted by molar-refractivity contribution is 6.07. The Labute approximate surface area is 236 Å². The fourth-order valence-electron chi connectivity index (χ4n) is 4.76. The van der Waals surface area contributed by atoms with Gasteiger partial charge < -0.3 is 25.7 Å². The van der Waals surface area contributed by atoms with E-state index in [-0.39, 0.29) is 6.42 Å². The monoisotopic (exact) mass is 552 g/mol. The highest BCUT2D eigenvalue weighted by Crippen LogP contribution is 2.19. The van der Waals surface area contributed by atoms with Crippen LogP contribution in [0.25, 0.3) is 10.9 Å². The van der Waals surface area contributed by atoms with Crippen LogP contribution in [0.1, 0.15) is 68.1 Å². The Morgan fingerprint density at radius 2 is 1.90 bits per heavy atom. The van der Waals surface area contributed by atoms with Crippen molar-refractivity contribution in [2.24, 2.45) is 7.05 Å². The molecule has 218 valence electrons. The fraction of sp³-hybridized carbons (Fsp3) is 0.533. The summed E-state index contributed by atoms with van der Waals surface area (Å²) in [5.74, 6) is -0.582. The van der Waals surface area contributed by atoms with Crippen LogP contribution in [0.2, 0.25) is 0 Å². The zero-order valence-corrected chi connectivity index (χ0v) is 24.4. The SMILES string of the molecule is CCc1ccc(CCCCN(CCC(NC(=O)c2cccc3c2cnn3C)C(=O)O)CCC(C)(C)O)nc1NC. The molecule has 0 fully saturated rings. The number of fused-ring (bicyclic) bond motifs is 1. The molecule has 1 atom stereocenters. The first-order valence-corrected chi connectivity index (χ1v) is 14.1. The zero-order valence-electron chi connectivity index (χ0n) is 24.4. The number of benzene rings is 1.